The van der Waals surface area contributed by atoms with E-state index in [0.29, 0.717) is 23.6 Å². The Hall–Kier alpha value is -2.63. The molecule has 0 aliphatic rings. The lowest BCUT2D eigenvalue weighted by atomic mass is 10.0. The van der Waals surface area contributed by atoms with Crippen molar-refractivity contribution in [3.05, 3.63) is 47.1 Å². The van der Waals surface area contributed by atoms with Crippen molar-refractivity contribution in [1.29, 1.82) is 0 Å². The first kappa shape index (κ1) is 15.3. The Morgan fingerprint density at radius 2 is 2.09 bits per heavy atom. The van der Waals surface area contributed by atoms with Gasteiger partial charge in [-0.1, -0.05) is 31.1 Å². The number of aryl methyl sites for hydroxylation is 2. The van der Waals surface area contributed by atoms with E-state index in [4.69, 9.17) is 4.52 Å². The predicted octanol–water partition coefficient (Wildman–Crippen LogP) is 2.92. The summed E-state index contributed by atoms with van der Waals surface area (Å²) in [7, 11) is 1.95. The zero-order chi connectivity index (χ0) is 16.6. The standard InChI is InChI=1S/C17H20N4O2/c1-10(2)16-15(11(3)20-23-16)17(22)18-9-14-19-12-7-5-6-8-13(12)21(14)4/h5-8,10H,9H2,1-4H3,(H,18,22). The van der Waals surface area contributed by atoms with Gasteiger partial charge in [-0.2, -0.15) is 0 Å². The fraction of sp³-hybridized carbons (Fsp3) is 0.353. The molecule has 0 atom stereocenters. The van der Waals surface area contributed by atoms with Crippen LogP contribution in [0.25, 0.3) is 11.0 Å². The summed E-state index contributed by atoms with van der Waals surface area (Å²) < 4.78 is 7.26. The van der Waals surface area contributed by atoms with Gasteiger partial charge < -0.3 is 14.4 Å². The Kier molecular flexibility index (Phi) is 3.90. The molecule has 0 radical (unpaired) electrons. The van der Waals surface area contributed by atoms with E-state index in [1.54, 1.807) is 6.92 Å². The molecule has 120 valence electrons. The van der Waals surface area contributed by atoms with Crippen molar-refractivity contribution in [2.75, 3.05) is 0 Å². The van der Waals surface area contributed by atoms with E-state index in [0.717, 1.165) is 16.9 Å². The summed E-state index contributed by atoms with van der Waals surface area (Å²) in [5, 5.41) is 6.83. The van der Waals surface area contributed by atoms with Gasteiger partial charge in [-0.3, -0.25) is 4.79 Å². The predicted molar refractivity (Wildman–Crippen MR) is 87.2 cm³/mol. The largest absolute Gasteiger partial charge is 0.360 e. The molecule has 0 saturated heterocycles. The van der Waals surface area contributed by atoms with Gasteiger partial charge in [0.2, 0.25) is 0 Å². The van der Waals surface area contributed by atoms with Crippen LogP contribution in [0.3, 0.4) is 0 Å². The van der Waals surface area contributed by atoms with Crippen LogP contribution in [0.1, 0.15) is 47.4 Å². The molecule has 6 nitrogen and oxygen atoms in total. The fourth-order valence-electron chi connectivity index (χ4n) is 2.66. The van der Waals surface area contributed by atoms with Crippen LogP contribution in [-0.4, -0.2) is 20.6 Å². The number of imidazole rings is 1. The number of amides is 1. The number of rotatable bonds is 4. The SMILES string of the molecule is Cc1noc(C(C)C)c1C(=O)NCc1nc2ccccc2n1C. The highest BCUT2D eigenvalue weighted by molar-refractivity contribution is 5.96. The molecule has 0 spiro atoms. The number of hydrogen-bond acceptors (Lipinski definition) is 4. The van der Waals surface area contributed by atoms with Crippen LogP contribution >= 0.6 is 0 Å². The maximum absolute atomic E-state index is 12.5. The molecular formula is C17H20N4O2. The maximum atomic E-state index is 12.5. The van der Waals surface area contributed by atoms with Gasteiger partial charge in [0.05, 0.1) is 23.3 Å². The Labute approximate surface area is 134 Å². The number of hydrogen-bond donors (Lipinski definition) is 1. The number of carbonyl (C=O) groups excluding carboxylic acids is 1. The van der Waals surface area contributed by atoms with E-state index in [9.17, 15) is 4.79 Å². The topological polar surface area (TPSA) is 73.0 Å². The lowest BCUT2D eigenvalue weighted by molar-refractivity contribution is 0.0946. The van der Waals surface area contributed by atoms with Gasteiger partial charge in [0.1, 0.15) is 11.4 Å². The second kappa shape index (κ2) is 5.87. The average molecular weight is 312 g/mol. The molecule has 0 unspecified atom stereocenters. The van der Waals surface area contributed by atoms with Crippen molar-refractivity contribution in [3.63, 3.8) is 0 Å². The number of benzene rings is 1. The number of fused-ring (bicyclic) bond motifs is 1. The minimum atomic E-state index is -0.181. The number of carbonyl (C=O) groups is 1. The minimum Gasteiger partial charge on any atom is -0.360 e. The van der Waals surface area contributed by atoms with Crippen molar-refractivity contribution < 1.29 is 9.32 Å². The lowest BCUT2D eigenvalue weighted by Gasteiger charge is -2.07. The van der Waals surface area contributed by atoms with Crippen LogP contribution in [0.2, 0.25) is 0 Å². The van der Waals surface area contributed by atoms with E-state index >= 15 is 0 Å². The molecule has 0 saturated carbocycles. The van der Waals surface area contributed by atoms with E-state index in [1.807, 2.05) is 49.7 Å². The van der Waals surface area contributed by atoms with Crippen LogP contribution in [0.4, 0.5) is 0 Å². The molecule has 1 aromatic carbocycles. The van der Waals surface area contributed by atoms with Gasteiger partial charge in [-0.05, 0) is 19.1 Å². The summed E-state index contributed by atoms with van der Waals surface area (Å²) in [6, 6.07) is 7.89. The second-order valence-corrected chi connectivity index (χ2v) is 5.92. The van der Waals surface area contributed by atoms with Crippen molar-refractivity contribution in [1.82, 2.24) is 20.0 Å². The molecule has 1 N–H and O–H groups in total. The molecular weight excluding hydrogens is 292 g/mol. The summed E-state index contributed by atoms with van der Waals surface area (Å²) in [4.78, 5) is 17.1. The van der Waals surface area contributed by atoms with Gasteiger partial charge >= 0.3 is 0 Å². The van der Waals surface area contributed by atoms with Crippen LogP contribution in [0.15, 0.2) is 28.8 Å². The molecule has 6 heteroatoms. The molecule has 2 heterocycles. The quantitative estimate of drug-likeness (QED) is 0.804. The average Bonchev–Trinajstić information content (AvgIpc) is 3.06. The molecule has 2 aromatic heterocycles. The molecule has 23 heavy (non-hydrogen) atoms. The van der Waals surface area contributed by atoms with Crippen molar-refractivity contribution >= 4 is 16.9 Å². The lowest BCUT2D eigenvalue weighted by Crippen LogP contribution is -2.25. The first-order chi connectivity index (χ1) is 11.0. The summed E-state index contributed by atoms with van der Waals surface area (Å²) in [6.45, 7) is 6.08. The van der Waals surface area contributed by atoms with Crippen LogP contribution in [-0.2, 0) is 13.6 Å². The smallest absolute Gasteiger partial charge is 0.257 e. The fourth-order valence-corrected chi connectivity index (χ4v) is 2.66. The zero-order valence-corrected chi connectivity index (χ0v) is 13.8. The minimum absolute atomic E-state index is 0.104. The maximum Gasteiger partial charge on any atom is 0.257 e. The van der Waals surface area contributed by atoms with Crippen molar-refractivity contribution in [3.8, 4) is 0 Å². The zero-order valence-electron chi connectivity index (χ0n) is 13.8. The summed E-state index contributed by atoms with van der Waals surface area (Å²) >= 11 is 0. The van der Waals surface area contributed by atoms with Crippen LogP contribution in [0.5, 0.6) is 0 Å². The van der Waals surface area contributed by atoms with Crippen molar-refractivity contribution in [2.24, 2.45) is 7.05 Å². The second-order valence-electron chi connectivity index (χ2n) is 5.92. The third-order valence-electron chi connectivity index (χ3n) is 3.93. The number of nitrogens with zero attached hydrogens (tertiary/aromatic N) is 3. The van der Waals surface area contributed by atoms with E-state index in [2.05, 4.69) is 15.5 Å². The van der Waals surface area contributed by atoms with E-state index < -0.39 is 0 Å². The van der Waals surface area contributed by atoms with Gasteiger partial charge in [0.25, 0.3) is 5.91 Å². The highest BCUT2D eigenvalue weighted by Crippen LogP contribution is 2.22. The Balaban J connectivity index is 1.81. The van der Waals surface area contributed by atoms with Gasteiger partial charge in [0.15, 0.2) is 5.76 Å². The molecule has 0 bridgehead atoms. The molecule has 0 aliphatic heterocycles. The Morgan fingerprint density at radius 1 is 1.35 bits per heavy atom. The first-order valence-corrected chi connectivity index (χ1v) is 7.63. The molecule has 3 rings (SSSR count). The Bertz CT molecular complexity index is 861. The third-order valence-corrected chi connectivity index (χ3v) is 3.93. The summed E-state index contributed by atoms with van der Waals surface area (Å²) in [5.74, 6) is 1.34. The molecule has 0 aliphatic carbocycles. The van der Waals surface area contributed by atoms with Gasteiger partial charge in [0, 0.05) is 13.0 Å². The Morgan fingerprint density at radius 3 is 2.78 bits per heavy atom. The third kappa shape index (κ3) is 2.72. The highest BCUT2D eigenvalue weighted by atomic mass is 16.5. The number of para-hydroxylation sites is 2. The van der Waals surface area contributed by atoms with E-state index in [1.165, 1.54) is 0 Å². The van der Waals surface area contributed by atoms with Gasteiger partial charge in [-0.15, -0.1) is 0 Å². The summed E-state index contributed by atoms with van der Waals surface area (Å²) in [6.07, 6.45) is 0. The van der Waals surface area contributed by atoms with Gasteiger partial charge in [-0.25, -0.2) is 4.98 Å². The monoisotopic (exact) mass is 312 g/mol. The summed E-state index contributed by atoms with van der Waals surface area (Å²) in [5.41, 5.74) is 3.10. The van der Waals surface area contributed by atoms with E-state index in [-0.39, 0.29) is 11.8 Å². The normalized spacial score (nSPS) is 11.3. The van der Waals surface area contributed by atoms with Crippen LogP contribution < -0.4 is 5.32 Å². The highest BCUT2D eigenvalue weighted by Gasteiger charge is 2.22. The number of nitrogens with one attached hydrogen (secondary N) is 1. The molecule has 0 fully saturated rings. The van der Waals surface area contributed by atoms with Crippen LogP contribution in [0, 0.1) is 6.92 Å². The molecule has 3 aromatic rings. The van der Waals surface area contributed by atoms with Crippen molar-refractivity contribution in [2.45, 2.75) is 33.2 Å². The first-order valence-electron chi connectivity index (χ1n) is 7.63. The molecule has 1 amide bonds. The number of aromatic nitrogens is 3.